The smallest absolute Gasteiger partial charge is 0.414 e. The molecule has 0 aliphatic carbocycles. The van der Waals surface area contributed by atoms with Crippen molar-refractivity contribution in [2.24, 2.45) is 0 Å². The number of nitrogens with zero attached hydrogens (tertiary/aromatic N) is 1. The molecule has 1 N–H and O–H groups in total. The molecule has 2 aliphatic rings. The van der Waals surface area contributed by atoms with Crippen LogP contribution in [0.5, 0.6) is 0 Å². The summed E-state index contributed by atoms with van der Waals surface area (Å²) < 4.78 is 5.13. The number of carbonyl (C=O) groups is 1. The molecule has 1 saturated heterocycles. The van der Waals surface area contributed by atoms with Crippen molar-refractivity contribution in [3.8, 4) is 0 Å². The number of nitrogens with one attached hydrogen (secondary N) is 1. The maximum absolute atomic E-state index is 11.7. The molecule has 84 valence electrons. The van der Waals surface area contributed by atoms with Gasteiger partial charge in [-0.3, -0.25) is 4.90 Å². The van der Waals surface area contributed by atoms with E-state index >= 15 is 0 Å². The third-order valence-electron chi connectivity index (χ3n) is 3.18. The summed E-state index contributed by atoms with van der Waals surface area (Å²) in [5, 5.41) is 3.38. The van der Waals surface area contributed by atoms with Gasteiger partial charge in [0.1, 0.15) is 6.61 Å². The number of hydrogen-bond acceptors (Lipinski definition) is 3. The molecule has 4 heteroatoms. The summed E-state index contributed by atoms with van der Waals surface area (Å²) in [6, 6.07) is 8.18. The lowest BCUT2D eigenvalue weighted by Crippen LogP contribution is -2.38. The zero-order valence-electron chi connectivity index (χ0n) is 8.98. The number of amides is 1. The molecule has 2 heterocycles. The summed E-state index contributed by atoms with van der Waals surface area (Å²) in [6.45, 7) is 2.24. The molecule has 1 atom stereocenters. The van der Waals surface area contributed by atoms with Crippen LogP contribution in [0.2, 0.25) is 0 Å². The highest BCUT2D eigenvalue weighted by atomic mass is 16.6. The fourth-order valence-corrected chi connectivity index (χ4v) is 2.36. The Morgan fingerprint density at radius 1 is 1.38 bits per heavy atom. The van der Waals surface area contributed by atoms with Crippen LogP contribution in [0.1, 0.15) is 12.0 Å². The van der Waals surface area contributed by atoms with Gasteiger partial charge in [0.15, 0.2) is 0 Å². The van der Waals surface area contributed by atoms with E-state index < -0.39 is 0 Å². The molecule has 0 radical (unpaired) electrons. The predicted octanol–water partition coefficient (Wildman–Crippen LogP) is 1.51. The highest BCUT2D eigenvalue weighted by Crippen LogP contribution is 2.29. The third-order valence-corrected chi connectivity index (χ3v) is 3.18. The van der Waals surface area contributed by atoms with E-state index in [9.17, 15) is 4.79 Å². The fourth-order valence-electron chi connectivity index (χ4n) is 2.36. The first kappa shape index (κ1) is 9.66. The minimum absolute atomic E-state index is 0.182. The molecule has 1 amide bonds. The predicted molar refractivity (Wildman–Crippen MR) is 60.4 cm³/mol. The van der Waals surface area contributed by atoms with Crippen molar-refractivity contribution in [3.05, 3.63) is 29.8 Å². The number of hydrogen-bond donors (Lipinski definition) is 1. The molecule has 1 aromatic rings. The lowest BCUT2D eigenvalue weighted by atomic mass is 10.1. The van der Waals surface area contributed by atoms with E-state index in [-0.39, 0.29) is 12.1 Å². The zero-order chi connectivity index (χ0) is 11.0. The SMILES string of the molecule is O=C1OCC2CCNCc3ccccc3N12. The van der Waals surface area contributed by atoms with Crippen LogP contribution in [-0.2, 0) is 11.3 Å². The van der Waals surface area contributed by atoms with Crippen molar-refractivity contribution in [1.82, 2.24) is 5.32 Å². The third kappa shape index (κ3) is 1.46. The molecule has 1 aromatic carbocycles. The summed E-state index contributed by atoms with van der Waals surface area (Å²) in [4.78, 5) is 13.5. The van der Waals surface area contributed by atoms with Crippen molar-refractivity contribution >= 4 is 11.8 Å². The Hall–Kier alpha value is -1.55. The standard InChI is InChI=1S/C12H14N2O2/c15-12-14-10(8-16-12)5-6-13-7-9-3-1-2-4-11(9)14/h1-4,10,13H,5-8H2. The summed E-state index contributed by atoms with van der Waals surface area (Å²) in [7, 11) is 0. The highest BCUT2D eigenvalue weighted by Gasteiger charge is 2.35. The Kier molecular flexibility index (Phi) is 2.29. The lowest BCUT2D eigenvalue weighted by Gasteiger charge is -2.26. The topological polar surface area (TPSA) is 41.6 Å². The summed E-state index contributed by atoms with van der Waals surface area (Å²) in [5.74, 6) is 0. The number of fused-ring (bicyclic) bond motifs is 3. The van der Waals surface area contributed by atoms with Crippen LogP contribution < -0.4 is 10.2 Å². The normalized spacial score (nSPS) is 24.1. The first-order valence-electron chi connectivity index (χ1n) is 5.61. The summed E-state index contributed by atoms with van der Waals surface area (Å²) in [5.41, 5.74) is 2.15. The van der Waals surface area contributed by atoms with E-state index in [0.29, 0.717) is 6.61 Å². The number of cyclic esters (lactones) is 1. The van der Waals surface area contributed by atoms with Crippen molar-refractivity contribution < 1.29 is 9.53 Å². The van der Waals surface area contributed by atoms with Crippen molar-refractivity contribution in [1.29, 1.82) is 0 Å². The number of carbonyl (C=O) groups excluding carboxylic acids is 1. The molecule has 1 unspecified atom stereocenters. The lowest BCUT2D eigenvalue weighted by molar-refractivity contribution is 0.178. The van der Waals surface area contributed by atoms with Gasteiger partial charge in [0, 0.05) is 6.54 Å². The maximum Gasteiger partial charge on any atom is 0.414 e. The summed E-state index contributed by atoms with van der Waals surface area (Å²) in [6.07, 6.45) is 0.736. The number of benzene rings is 1. The van der Waals surface area contributed by atoms with Gasteiger partial charge in [0.25, 0.3) is 0 Å². The minimum Gasteiger partial charge on any atom is -0.447 e. The van der Waals surface area contributed by atoms with Gasteiger partial charge in [-0.15, -0.1) is 0 Å². The molecular weight excluding hydrogens is 204 g/mol. The monoisotopic (exact) mass is 218 g/mol. The quantitative estimate of drug-likeness (QED) is 0.717. The number of para-hydroxylation sites is 1. The molecular formula is C12H14N2O2. The Morgan fingerprint density at radius 2 is 2.25 bits per heavy atom. The van der Waals surface area contributed by atoms with Crippen LogP contribution >= 0.6 is 0 Å². The van der Waals surface area contributed by atoms with Crippen molar-refractivity contribution in [2.45, 2.75) is 19.0 Å². The number of rotatable bonds is 0. The van der Waals surface area contributed by atoms with E-state index in [4.69, 9.17) is 4.74 Å². The second-order valence-corrected chi connectivity index (χ2v) is 4.19. The van der Waals surface area contributed by atoms with Crippen LogP contribution in [0, 0.1) is 0 Å². The van der Waals surface area contributed by atoms with E-state index in [1.807, 2.05) is 18.2 Å². The van der Waals surface area contributed by atoms with Gasteiger partial charge >= 0.3 is 6.09 Å². The largest absolute Gasteiger partial charge is 0.447 e. The average Bonchev–Trinajstić information content (AvgIpc) is 2.62. The molecule has 3 rings (SSSR count). The van der Waals surface area contributed by atoms with Gasteiger partial charge in [0.2, 0.25) is 0 Å². The Labute approximate surface area is 94.2 Å². The second kappa shape index (κ2) is 3.79. The van der Waals surface area contributed by atoms with Crippen LogP contribution in [0.15, 0.2) is 24.3 Å². The van der Waals surface area contributed by atoms with E-state index in [1.54, 1.807) is 4.90 Å². The Morgan fingerprint density at radius 3 is 3.19 bits per heavy atom. The van der Waals surface area contributed by atoms with Gasteiger partial charge < -0.3 is 10.1 Å². The highest BCUT2D eigenvalue weighted by molar-refractivity contribution is 5.91. The molecule has 0 bridgehead atoms. The fraction of sp³-hybridized carbons (Fsp3) is 0.417. The van der Waals surface area contributed by atoms with Crippen LogP contribution in [-0.4, -0.2) is 25.3 Å². The number of anilines is 1. The van der Waals surface area contributed by atoms with Crippen LogP contribution in [0.25, 0.3) is 0 Å². The van der Waals surface area contributed by atoms with Crippen LogP contribution in [0.3, 0.4) is 0 Å². The van der Waals surface area contributed by atoms with E-state index in [1.165, 1.54) is 0 Å². The molecule has 0 spiro atoms. The average molecular weight is 218 g/mol. The van der Waals surface area contributed by atoms with Gasteiger partial charge in [-0.25, -0.2) is 4.79 Å². The Balaban J connectivity index is 2.06. The minimum atomic E-state index is -0.209. The van der Waals surface area contributed by atoms with Crippen molar-refractivity contribution in [3.63, 3.8) is 0 Å². The molecule has 4 nitrogen and oxygen atoms in total. The van der Waals surface area contributed by atoms with E-state index in [0.717, 1.165) is 30.8 Å². The second-order valence-electron chi connectivity index (χ2n) is 4.19. The first-order chi connectivity index (χ1) is 7.86. The zero-order valence-corrected chi connectivity index (χ0v) is 8.98. The van der Waals surface area contributed by atoms with Gasteiger partial charge in [0.05, 0.1) is 11.7 Å². The van der Waals surface area contributed by atoms with Gasteiger partial charge in [-0.05, 0) is 24.6 Å². The van der Waals surface area contributed by atoms with Crippen LogP contribution in [0.4, 0.5) is 10.5 Å². The number of ether oxygens (including phenoxy) is 1. The summed E-state index contributed by atoms with van der Waals surface area (Å²) >= 11 is 0. The molecule has 16 heavy (non-hydrogen) atoms. The maximum atomic E-state index is 11.7. The van der Waals surface area contributed by atoms with Gasteiger partial charge in [-0.1, -0.05) is 18.2 Å². The first-order valence-corrected chi connectivity index (χ1v) is 5.61. The van der Waals surface area contributed by atoms with Crippen molar-refractivity contribution in [2.75, 3.05) is 18.1 Å². The van der Waals surface area contributed by atoms with E-state index in [2.05, 4.69) is 11.4 Å². The Bertz CT molecular complexity index is 419. The molecule has 2 aliphatic heterocycles. The molecule has 1 fully saturated rings. The molecule has 0 aromatic heterocycles. The molecule has 0 saturated carbocycles. The van der Waals surface area contributed by atoms with Gasteiger partial charge in [-0.2, -0.15) is 0 Å².